The highest BCUT2D eigenvalue weighted by Crippen LogP contribution is 2.32. The first-order valence-electron chi connectivity index (χ1n) is 5.07. The van der Waals surface area contributed by atoms with Gasteiger partial charge in [0, 0.05) is 6.04 Å². The molecule has 0 aromatic heterocycles. The van der Waals surface area contributed by atoms with Gasteiger partial charge in [0.05, 0.1) is 0 Å². The van der Waals surface area contributed by atoms with Crippen LogP contribution in [0.3, 0.4) is 0 Å². The summed E-state index contributed by atoms with van der Waals surface area (Å²) in [6, 6.07) is 9.05. The van der Waals surface area contributed by atoms with Gasteiger partial charge in [-0.2, -0.15) is 0 Å². The zero-order valence-corrected chi connectivity index (χ0v) is 8.16. The van der Waals surface area contributed by atoms with Crippen molar-refractivity contribution in [1.29, 1.82) is 0 Å². The van der Waals surface area contributed by atoms with Crippen LogP contribution in [-0.2, 0) is 6.42 Å². The van der Waals surface area contributed by atoms with Gasteiger partial charge in [-0.05, 0) is 37.7 Å². The Balaban J connectivity index is 2.00. The Morgan fingerprint density at radius 2 is 2.23 bits per heavy atom. The highest BCUT2D eigenvalue weighted by Gasteiger charge is 2.28. The molecule has 1 aliphatic rings. The second kappa shape index (κ2) is 3.51. The molecule has 70 valence electrons. The number of hydrogen-bond donors (Lipinski definition) is 1. The fraction of sp³-hybridized carbons (Fsp3) is 0.500. The fourth-order valence-electron chi connectivity index (χ4n) is 1.80. The third-order valence-electron chi connectivity index (χ3n) is 2.78. The highest BCUT2D eigenvalue weighted by atomic mass is 14.7. The van der Waals surface area contributed by atoms with Crippen molar-refractivity contribution in [3.8, 4) is 0 Å². The molecule has 1 nitrogen and oxygen atoms in total. The molecule has 1 atom stereocenters. The molecule has 13 heavy (non-hydrogen) atoms. The molecule has 0 radical (unpaired) electrons. The Hall–Kier alpha value is -0.820. The van der Waals surface area contributed by atoms with E-state index in [2.05, 4.69) is 31.2 Å². The Bertz CT molecular complexity index is 289. The zero-order valence-electron chi connectivity index (χ0n) is 8.16. The van der Waals surface area contributed by atoms with Gasteiger partial charge in [-0.3, -0.25) is 0 Å². The van der Waals surface area contributed by atoms with E-state index in [9.17, 15) is 0 Å². The van der Waals surface area contributed by atoms with Gasteiger partial charge < -0.3 is 5.73 Å². The number of rotatable bonds is 3. The van der Waals surface area contributed by atoms with Crippen molar-refractivity contribution in [2.75, 3.05) is 0 Å². The molecule has 0 aliphatic heterocycles. The molecule has 2 N–H and O–H groups in total. The van der Waals surface area contributed by atoms with E-state index in [1.54, 1.807) is 0 Å². The van der Waals surface area contributed by atoms with Gasteiger partial charge in [0.1, 0.15) is 0 Å². The van der Waals surface area contributed by atoms with Gasteiger partial charge >= 0.3 is 0 Å². The lowest BCUT2D eigenvalue weighted by atomic mass is 10.0. The van der Waals surface area contributed by atoms with Crippen molar-refractivity contribution in [3.63, 3.8) is 0 Å². The molecule has 1 fully saturated rings. The monoisotopic (exact) mass is 175 g/mol. The van der Waals surface area contributed by atoms with E-state index >= 15 is 0 Å². The lowest BCUT2D eigenvalue weighted by molar-refractivity contribution is 0.591. The molecule has 0 saturated heterocycles. The molecule has 1 aromatic rings. The van der Waals surface area contributed by atoms with E-state index in [0.29, 0.717) is 6.04 Å². The maximum absolute atomic E-state index is 6.06. The molecule has 0 heterocycles. The molecule has 0 spiro atoms. The molecule has 1 aromatic carbocycles. The van der Waals surface area contributed by atoms with Crippen molar-refractivity contribution < 1.29 is 0 Å². The van der Waals surface area contributed by atoms with Crippen LogP contribution < -0.4 is 5.73 Å². The summed E-state index contributed by atoms with van der Waals surface area (Å²) in [6.45, 7) is 2.13. The predicted molar refractivity (Wildman–Crippen MR) is 55.6 cm³/mol. The second-order valence-corrected chi connectivity index (χ2v) is 4.19. The quantitative estimate of drug-likeness (QED) is 0.749. The van der Waals surface area contributed by atoms with Crippen molar-refractivity contribution in [1.82, 2.24) is 0 Å². The smallest absolute Gasteiger partial charge is 0.0108 e. The molecule has 0 unspecified atom stereocenters. The first kappa shape index (κ1) is 8.76. The molecule has 0 bridgehead atoms. The average Bonchev–Trinajstić information content (AvgIpc) is 2.85. The van der Waals surface area contributed by atoms with E-state index < -0.39 is 0 Å². The summed E-state index contributed by atoms with van der Waals surface area (Å²) >= 11 is 0. The Morgan fingerprint density at radius 1 is 1.46 bits per heavy atom. The number of hydrogen-bond acceptors (Lipinski definition) is 1. The van der Waals surface area contributed by atoms with Crippen molar-refractivity contribution in [2.24, 2.45) is 11.7 Å². The van der Waals surface area contributed by atoms with Crippen molar-refractivity contribution in [2.45, 2.75) is 32.2 Å². The van der Waals surface area contributed by atoms with Crippen LogP contribution >= 0.6 is 0 Å². The van der Waals surface area contributed by atoms with Crippen LogP contribution in [0, 0.1) is 12.8 Å². The van der Waals surface area contributed by atoms with Crippen LogP contribution in [0.4, 0.5) is 0 Å². The van der Waals surface area contributed by atoms with E-state index in [0.717, 1.165) is 12.3 Å². The molecule has 1 aliphatic carbocycles. The number of benzene rings is 1. The van der Waals surface area contributed by atoms with E-state index in [1.165, 1.54) is 24.0 Å². The Labute approximate surface area is 80.0 Å². The lowest BCUT2D eigenvalue weighted by Crippen LogP contribution is -2.24. The fourth-order valence-corrected chi connectivity index (χ4v) is 1.80. The summed E-state index contributed by atoms with van der Waals surface area (Å²) in [6.07, 6.45) is 3.73. The van der Waals surface area contributed by atoms with Gasteiger partial charge in [0.15, 0.2) is 0 Å². The average molecular weight is 175 g/mol. The van der Waals surface area contributed by atoms with Crippen LogP contribution in [0.25, 0.3) is 0 Å². The van der Waals surface area contributed by atoms with Crippen LogP contribution in [-0.4, -0.2) is 6.04 Å². The summed E-state index contributed by atoms with van der Waals surface area (Å²) in [5.41, 5.74) is 8.78. The second-order valence-electron chi connectivity index (χ2n) is 4.19. The summed E-state index contributed by atoms with van der Waals surface area (Å²) < 4.78 is 0. The third kappa shape index (κ3) is 2.31. The molecular formula is C12H17N. The summed E-state index contributed by atoms with van der Waals surface area (Å²) in [7, 11) is 0. The van der Waals surface area contributed by atoms with Crippen molar-refractivity contribution in [3.05, 3.63) is 35.4 Å². The van der Waals surface area contributed by atoms with Gasteiger partial charge in [-0.25, -0.2) is 0 Å². The molecular weight excluding hydrogens is 158 g/mol. The minimum atomic E-state index is 0.391. The van der Waals surface area contributed by atoms with Gasteiger partial charge in [0.25, 0.3) is 0 Å². The number of nitrogens with two attached hydrogens (primary N) is 1. The molecule has 2 rings (SSSR count). The first-order chi connectivity index (χ1) is 6.25. The summed E-state index contributed by atoms with van der Waals surface area (Å²) in [4.78, 5) is 0. The number of aryl methyl sites for hydroxylation is 1. The summed E-state index contributed by atoms with van der Waals surface area (Å²) in [5.74, 6) is 0.806. The summed E-state index contributed by atoms with van der Waals surface area (Å²) in [5, 5.41) is 0. The minimum Gasteiger partial charge on any atom is -0.327 e. The highest BCUT2D eigenvalue weighted by molar-refractivity contribution is 5.23. The van der Waals surface area contributed by atoms with Gasteiger partial charge in [-0.1, -0.05) is 29.8 Å². The lowest BCUT2D eigenvalue weighted by Gasteiger charge is -2.10. The Kier molecular flexibility index (Phi) is 2.36. The first-order valence-corrected chi connectivity index (χ1v) is 5.07. The maximum atomic E-state index is 6.06. The SMILES string of the molecule is Cc1cccc(C[C@H](N)C2CC2)c1. The van der Waals surface area contributed by atoms with Crippen LogP contribution in [0.5, 0.6) is 0 Å². The maximum Gasteiger partial charge on any atom is 0.0108 e. The van der Waals surface area contributed by atoms with Gasteiger partial charge in [0.2, 0.25) is 0 Å². The molecule has 0 amide bonds. The van der Waals surface area contributed by atoms with Gasteiger partial charge in [-0.15, -0.1) is 0 Å². The Morgan fingerprint density at radius 3 is 2.85 bits per heavy atom. The largest absolute Gasteiger partial charge is 0.327 e. The zero-order chi connectivity index (χ0) is 9.26. The third-order valence-corrected chi connectivity index (χ3v) is 2.78. The minimum absolute atomic E-state index is 0.391. The molecule has 1 saturated carbocycles. The normalized spacial score (nSPS) is 18.6. The van der Waals surface area contributed by atoms with Crippen molar-refractivity contribution >= 4 is 0 Å². The standard InChI is InChI=1S/C12H17N/c1-9-3-2-4-10(7-9)8-12(13)11-5-6-11/h2-4,7,11-12H,5-6,8,13H2,1H3/t12-/m0/s1. The van der Waals surface area contributed by atoms with Crippen LogP contribution in [0.2, 0.25) is 0 Å². The topological polar surface area (TPSA) is 26.0 Å². The van der Waals surface area contributed by atoms with E-state index in [-0.39, 0.29) is 0 Å². The van der Waals surface area contributed by atoms with Crippen LogP contribution in [0.15, 0.2) is 24.3 Å². The van der Waals surface area contributed by atoms with E-state index in [4.69, 9.17) is 5.73 Å². The molecule has 1 heteroatoms. The van der Waals surface area contributed by atoms with Crippen LogP contribution in [0.1, 0.15) is 24.0 Å². The van der Waals surface area contributed by atoms with E-state index in [1.807, 2.05) is 0 Å². The predicted octanol–water partition coefficient (Wildman–Crippen LogP) is 2.27.